The molecule has 6 nitrogen and oxygen atoms in total. The summed E-state index contributed by atoms with van der Waals surface area (Å²) in [5, 5.41) is 2.04. The van der Waals surface area contributed by atoms with E-state index < -0.39 is 0 Å². The third kappa shape index (κ3) is 4.25. The summed E-state index contributed by atoms with van der Waals surface area (Å²) in [6.07, 6.45) is 0. The van der Waals surface area contributed by atoms with E-state index in [0.29, 0.717) is 23.7 Å². The van der Waals surface area contributed by atoms with Gasteiger partial charge in [0.05, 0.1) is 26.5 Å². The Kier molecular flexibility index (Phi) is 5.71. The largest absolute Gasteiger partial charge is 0.481 e. The Bertz CT molecular complexity index is 916. The summed E-state index contributed by atoms with van der Waals surface area (Å²) in [6, 6.07) is 11.3. The van der Waals surface area contributed by atoms with E-state index in [0.717, 1.165) is 5.56 Å². The van der Waals surface area contributed by atoms with Crippen LogP contribution in [0.2, 0.25) is 0 Å². The van der Waals surface area contributed by atoms with Crippen molar-refractivity contribution < 1.29 is 14.3 Å². The topological polar surface area (TPSA) is 64.5 Å². The molecule has 0 atom stereocenters. The molecule has 0 N–H and O–H groups in total. The maximum absolute atomic E-state index is 12.7. The first-order valence-electron chi connectivity index (χ1n) is 8.37. The molecule has 0 fully saturated rings. The van der Waals surface area contributed by atoms with Gasteiger partial charge in [-0.2, -0.15) is 9.97 Å². The fourth-order valence-corrected chi connectivity index (χ4v) is 3.56. The van der Waals surface area contributed by atoms with Crippen LogP contribution < -0.4 is 9.47 Å². The van der Waals surface area contributed by atoms with Crippen LogP contribution in [0.1, 0.15) is 20.8 Å². The van der Waals surface area contributed by atoms with Gasteiger partial charge in [0.2, 0.25) is 5.88 Å². The lowest BCUT2D eigenvalue weighted by Gasteiger charge is -2.17. The Labute approximate surface area is 162 Å². The number of hydrogen-bond acceptors (Lipinski definition) is 6. The highest BCUT2D eigenvalue weighted by Gasteiger charge is 2.14. The monoisotopic (exact) mass is 383 g/mol. The average molecular weight is 383 g/mol. The fourth-order valence-electron chi connectivity index (χ4n) is 2.60. The minimum atomic E-state index is -0.0211. The normalized spacial score (nSPS) is 10.5. The number of hydrogen-bond donors (Lipinski definition) is 0. The van der Waals surface area contributed by atoms with Gasteiger partial charge in [-0.15, -0.1) is 11.3 Å². The molecule has 7 heteroatoms. The number of thiophene rings is 1. The van der Waals surface area contributed by atoms with Gasteiger partial charge >= 0.3 is 6.01 Å². The lowest BCUT2D eigenvalue weighted by atomic mass is 10.1. The number of amides is 1. The second-order valence-electron chi connectivity index (χ2n) is 6.05. The van der Waals surface area contributed by atoms with Crippen LogP contribution in [0.5, 0.6) is 11.9 Å². The van der Waals surface area contributed by atoms with Gasteiger partial charge in [0.1, 0.15) is 0 Å². The number of carbonyl (C=O) groups excluding carboxylic acids is 1. The van der Waals surface area contributed by atoms with Crippen LogP contribution in [-0.4, -0.2) is 42.0 Å². The summed E-state index contributed by atoms with van der Waals surface area (Å²) < 4.78 is 10.3. The number of aromatic nitrogens is 2. The van der Waals surface area contributed by atoms with Crippen molar-refractivity contribution in [3.63, 3.8) is 0 Å². The molecule has 27 heavy (non-hydrogen) atoms. The van der Waals surface area contributed by atoms with Crippen LogP contribution in [0.15, 0.2) is 41.8 Å². The van der Waals surface area contributed by atoms with Crippen molar-refractivity contribution in [2.45, 2.75) is 13.5 Å². The Balaban J connectivity index is 1.78. The maximum atomic E-state index is 12.7. The highest BCUT2D eigenvalue weighted by atomic mass is 32.1. The van der Waals surface area contributed by atoms with Crippen LogP contribution >= 0.6 is 11.3 Å². The standard InChI is InChI=1S/C20H21N3O3S/c1-13-9-10-27-17(13)12-23(2)19(24)15-7-5-14(6-8-15)16-11-18(25-3)22-20(21-16)26-4/h5-11H,12H2,1-4H3. The Morgan fingerprint density at radius 3 is 2.44 bits per heavy atom. The fraction of sp³-hybridized carbons (Fsp3) is 0.250. The Morgan fingerprint density at radius 1 is 1.11 bits per heavy atom. The SMILES string of the molecule is COc1cc(-c2ccc(C(=O)N(C)Cc3sccc3C)cc2)nc(OC)n1. The van der Waals surface area contributed by atoms with Gasteiger partial charge in [-0.25, -0.2) is 0 Å². The van der Waals surface area contributed by atoms with Crippen molar-refractivity contribution in [1.82, 2.24) is 14.9 Å². The molecule has 0 saturated heterocycles. The summed E-state index contributed by atoms with van der Waals surface area (Å²) in [4.78, 5) is 24.0. The van der Waals surface area contributed by atoms with Crippen LogP contribution in [0.4, 0.5) is 0 Å². The summed E-state index contributed by atoms with van der Waals surface area (Å²) >= 11 is 1.67. The van der Waals surface area contributed by atoms with Crippen molar-refractivity contribution in [2.75, 3.05) is 21.3 Å². The lowest BCUT2D eigenvalue weighted by molar-refractivity contribution is 0.0786. The highest BCUT2D eigenvalue weighted by Crippen LogP contribution is 2.24. The van der Waals surface area contributed by atoms with E-state index in [1.807, 2.05) is 24.6 Å². The van der Waals surface area contributed by atoms with Crippen molar-refractivity contribution in [3.05, 3.63) is 57.8 Å². The summed E-state index contributed by atoms with van der Waals surface area (Å²) in [6.45, 7) is 2.66. The number of benzene rings is 1. The molecule has 0 saturated carbocycles. The molecule has 0 radical (unpaired) electrons. The van der Waals surface area contributed by atoms with E-state index in [2.05, 4.69) is 23.0 Å². The van der Waals surface area contributed by atoms with Gasteiger partial charge in [0, 0.05) is 29.1 Å². The molecule has 0 aliphatic rings. The number of aryl methyl sites for hydroxylation is 1. The molecule has 3 rings (SSSR count). The number of ether oxygens (including phenoxy) is 2. The highest BCUT2D eigenvalue weighted by molar-refractivity contribution is 7.10. The average Bonchev–Trinajstić information content (AvgIpc) is 3.11. The minimum Gasteiger partial charge on any atom is -0.481 e. The zero-order valence-electron chi connectivity index (χ0n) is 15.7. The molecule has 2 heterocycles. The molecular weight excluding hydrogens is 362 g/mol. The number of rotatable bonds is 6. The molecule has 0 unspecified atom stereocenters. The Morgan fingerprint density at radius 2 is 1.85 bits per heavy atom. The number of methoxy groups -OCH3 is 2. The first-order valence-corrected chi connectivity index (χ1v) is 9.25. The number of carbonyl (C=O) groups is 1. The molecule has 0 aliphatic carbocycles. The first kappa shape index (κ1) is 18.8. The van der Waals surface area contributed by atoms with E-state index in [-0.39, 0.29) is 11.9 Å². The summed E-state index contributed by atoms with van der Waals surface area (Å²) in [5.41, 5.74) is 3.35. The predicted octanol–water partition coefficient (Wildman–Crippen LogP) is 3.80. The van der Waals surface area contributed by atoms with E-state index in [4.69, 9.17) is 9.47 Å². The first-order chi connectivity index (χ1) is 13.0. The molecule has 0 bridgehead atoms. The quantitative estimate of drug-likeness (QED) is 0.648. The molecular formula is C20H21N3O3S. The van der Waals surface area contributed by atoms with Gasteiger partial charge in [-0.1, -0.05) is 12.1 Å². The van der Waals surface area contributed by atoms with Crippen molar-refractivity contribution >= 4 is 17.2 Å². The zero-order chi connectivity index (χ0) is 19.4. The molecule has 2 aromatic heterocycles. The summed E-state index contributed by atoms with van der Waals surface area (Å²) in [5.74, 6) is 0.398. The lowest BCUT2D eigenvalue weighted by Crippen LogP contribution is -2.26. The number of nitrogens with zero attached hydrogens (tertiary/aromatic N) is 3. The van der Waals surface area contributed by atoms with Crippen LogP contribution in [-0.2, 0) is 6.54 Å². The van der Waals surface area contributed by atoms with Crippen LogP contribution in [0.25, 0.3) is 11.3 Å². The van der Waals surface area contributed by atoms with E-state index in [1.165, 1.54) is 17.6 Å². The zero-order valence-corrected chi connectivity index (χ0v) is 16.5. The maximum Gasteiger partial charge on any atom is 0.320 e. The Hall–Kier alpha value is -2.93. The van der Waals surface area contributed by atoms with Gasteiger partial charge in [-0.3, -0.25) is 4.79 Å². The van der Waals surface area contributed by atoms with E-state index in [9.17, 15) is 4.79 Å². The van der Waals surface area contributed by atoms with Crippen molar-refractivity contribution in [2.24, 2.45) is 0 Å². The smallest absolute Gasteiger partial charge is 0.320 e. The third-order valence-corrected chi connectivity index (χ3v) is 5.20. The van der Waals surface area contributed by atoms with Gasteiger partial charge in [0.25, 0.3) is 5.91 Å². The van der Waals surface area contributed by atoms with Gasteiger partial charge in [0.15, 0.2) is 0 Å². The second kappa shape index (κ2) is 8.18. The second-order valence-corrected chi connectivity index (χ2v) is 7.05. The van der Waals surface area contributed by atoms with Gasteiger partial charge in [-0.05, 0) is 36.1 Å². The van der Waals surface area contributed by atoms with Crippen LogP contribution in [0.3, 0.4) is 0 Å². The predicted molar refractivity (Wildman–Crippen MR) is 105 cm³/mol. The van der Waals surface area contributed by atoms with E-state index in [1.54, 1.807) is 41.5 Å². The van der Waals surface area contributed by atoms with Crippen molar-refractivity contribution in [1.29, 1.82) is 0 Å². The van der Waals surface area contributed by atoms with Gasteiger partial charge < -0.3 is 14.4 Å². The molecule has 1 aromatic carbocycles. The molecule has 0 aliphatic heterocycles. The molecule has 140 valence electrons. The van der Waals surface area contributed by atoms with Crippen LogP contribution in [0, 0.1) is 6.92 Å². The molecule has 3 aromatic rings. The molecule has 0 spiro atoms. The third-order valence-electron chi connectivity index (χ3n) is 4.20. The minimum absolute atomic E-state index is 0.0211. The molecule has 1 amide bonds. The van der Waals surface area contributed by atoms with Crippen molar-refractivity contribution in [3.8, 4) is 23.1 Å². The summed E-state index contributed by atoms with van der Waals surface area (Å²) in [7, 11) is 4.86. The van der Waals surface area contributed by atoms with E-state index >= 15 is 0 Å².